The molecule has 13 nitrogen and oxygen atoms in total. The molecule has 4 aliphatic heterocycles. The topological polar surface area (TPSA) is 177 Å². The van der Waals surface area contributed by atoms with Crippen molar-refractivity contribution >= 4 is 52.6 Å². The summed E-state index contributed by atoms with van der Waals surface area (Å²) in [5, 5.41) is 14.2. The average Bonchev–Trinajstić information content (AvgIpc) is 3.57. The van der Waals surface area contributed by atoms with E-state index in [1.54, 1.807) is 16.7 Å². The van der Waals surface area contributed by atoms with Crippen LogP contribution in [0.15, 0.2) is 24.3 Å². The Hall–Kier alpha value is -3.01. The Labute approximate surface area is 279 Å². The van der Waals surface area contributed by atoms with Gasteiger partial charge in [0.05, 0.1) is 29.6 Å². The van der Waals surface area contributed by atoms with Gasteiger partial charge >= 0.3 is 13.3 Å². The van der Waals surface area contributed by atoms with E-state index in [-0.39, 0.29) is 60.3 Å². The zero-order valence-corrected chi connectivity index (χ0v) is 28.3. The number of thiophene rings is 1. The predicted octanol–water partition coefficient (Wildman–Crippen LogP) is 2.23. The highest BCUT2D eigenvalue weighted by Crippen LogP contribution is 2.59. The maximum absolute atomic E-state index is 14.3. The first-order valence-electron chi connectivity index (χ1n) is 15.9. The molecule has 4 atom stereocenters. The molecular formula is C31H39F2N4O9PS. The molecule has 5 heterocycles. The predicted molar refractivity (Wildman–Crippen MR) is 169 cm³/mol. The minimum absolute atomic E-state index is 0.0206. The first-order valence-corrected chi connectivity index (χ1v) is 18.3. The van der Waals surface area contributed by atoms with E-state index in [1.165, 1.54) is 17.0 Å². The van der Waals surface area contributed by atoms with Crippen molar-refractivity contribution in [1.82, 2.24) is 20.0 Å². The van der Waals surface area contributed by atoms with Gasteiger partial charge in [0.2, 0.25) is 17.7 Å². The summed E-state index contributed by atoms with van der Waals surface area (Å²) in [5.74, 6) is -1.77. The highest BCUT2D eigenvalue weighted by Gasteiger charge is 2.55. The van der Waals surface area contributed by atoms with Crippen molar-refractivity contribution in [3.63, 3.8) is 0 Å². The number of fused-ring (bicyclic) bond motifs is 2. The molecule has 48 heavy (non-hydrogen) atoms. The summed E-state index contributed by atoms with van der Waals surface area (Å²) in [4.78, 5) is 77.6. The molecule has 4 amide bonds. The molecule has 1 aromatic heterocycles. The van der Waals surface area contributed by atoms with E-state index in [0.29, 0.717) is 43.8 Å². The van der Waals surface area contributed by atoms with E-state index < -0.39 is 53.9 Å². The summed E-state index contributed by atoms with van der Waals surface area (Å²) in [7, 11) is -5.80. The molecule has 4 aliphatic rings. The third kappa shape index (κ3) is 6.38. The first-order chi connectivity index (χ1) is 22.4. The summed E-state index contributed by atoms with van der Waals surface area (Å²) in [6, 6.07) is 2.42. The molecule has 0 bridgehead atoms. The summed E-state index contributed by atoms with van der Waals surface area (Å²) in [6.07, 6.45) is 1.30. The molecule has 0 saturated carbocycles. The van der Waals surface area contributed by atoms with Crippen LogP contribution in [0, 0.1) is 5.92 Å². The van der Waals surface area contributed by atoms with Crippen LogP contribution in [0.1, 0.15) is 61.2 Å². The van der Waals surface area contributed by atoms with E-state index in [2.05, 4.69) is 5.32 Å². The summed E-state index contributed by atoms with van der Waals surface area (Å²) in [6.45, 7) is 5.95. The van der Waals surface area contributed by atoms with Gasteiger partial charge in [-0.2, -0.15) is 8.78 Å². The lowest BCUT2D eigenvalue weighted by Gasteiger charge is -2.48. The van der Waals surface area contributed by atoms with Gasteiger partial charge in [0.1, 0.15) is 12.1 Å². The number of carbonyl (C=O) groups excluding carboxylic acids is 4. The fraction of sp³-hybridized carbons (Fsp3) is 0.613. The second-order valence-electron chi connectivity index (χ2n) is 13.8. The summed E-state index contributed by atoms with van der Waals surface area (Å²) < 4.78 is 45.8. The van der Waals surface area contributed by atoms with Crippen LogP contribution in [0.25, 0.3) is 10.1 Å². The second kappa shape index (κ2) is 12.4. The van der Waals surface area contributed by atoms with Gasteiger partial charge in [-0.1, -0.05) is 6.07 Å². The SMILES string of the molecule is C[C@]1(O)CC[C@H](NC(=O)c2cc3cc(C(F)(F)P(=O)(O)O)ccc3s2)C(=O)N2[C@H](C(=O)N3CC(C(=O)N4CCOCC4)C3)CC[C@]2(C)C1. The number of nitrogens with one attached hydrogen (secondary N) is 1. The van der Waals surface area contributed by atoms with Crippen molar-refractivity contribution in [3.8, 4) is 0 Å². The molecule has 4 N–H and O–H groups in total. The van der Waals surface area contributed by atoms with Crippen LogP contribution < -0.4 is 5.32 Å². The van der Waals surface area contributed by atoms with Gasteiger partial charge < -0.3 is 39.6 Å². The van der Waals surface area contributed by atoms with Gasteiger partial charge in [0.25, 0.3) is 5.91 Å². The lowest BCUT2D eigenvalue weighted by atomic mass is 9.79. The first kappa shape index (κ1) is 34.8. The van der Waals surface area contributed by atoms with E-state index in [9.17, 15) is 37.6 Å². The molecule has 17 heteroatoms. The summed E-state index contributed by atoms with van der Waals surface area (Å²) >= 11 is 0.958. The molecule has 0 spiro atoms. The molecular weight excluding hydrogens is 673 g/mol. The summed E-state index contributed by atoms with van der Waals surface area (Å²) in [5.41, 5.74) is -7.40. The molecule has 0 unspecified atom stereocenters. The van der Waals surface area contributed by atoms with Crippen LogP contribution in [0.4, 0.5) is 8.78 Å². The zero-order chi connectivity index (χ0) is 34.8. The molecule has 6 rings (SSSR count). The minimum Gasteiger partial charge on any atom is -0.390 e. The molecule has 262 valence electrons. The van der Waals surface area contributed by atoms with Crippen molar-refractivity contribution in [2.24, 2.45) is 5.92 Å². The number of halogens is 2. The molecule has 4 saturated heterocycles. The Morgan fingerprint density at radius 1 is 1.04 bits per heavy atom. The number of hydrogen-bond donors (Lipinski definition) is 4. The maximum atomic E-state index is 14.3. The van der Waals surface area contributed by atoms with Crippen LogP contribution in [0.3, 0.4) is 0 Å². The van der Waals surface area contributed by atoms with Gasteiger partial charge in [0, 0.05) is 42.0 Å². The number of aliphatic hydroxyl groups is 1. The van der Waals surface area contributed by atoms with Crippen molar-refractivity contribution in [2.45, 2.75) is 74.8 Å². The fourth-order valence-electron chi connectivity index (χ4n) is 7.50. The van der Waals surface area contributed by atoms with Crippen molar-refractivity contribution in [1.29, 1.82) is 0 Å². The zero-order valence-electron chi connectivity index (χ0n) is 26.6. The number of hydrogen-bond acceptors (Lipinski definition) is 8. The van der Waals surface area contributed by atoms with Gasteiger partial charge in [-0.3, -0.25) is 23.7 Å². The molecule has 2 aromatic rings. The Morgan fingerprint density at radius 3 is 2.40 bits per heavy atom. The fourth-order valence-corrected chi connectivity index (χ4v) is 8.92. The van der Waals surface area contributed by atoms with E-state index in [1.807, 2.05) is 6.92 Å². The normalized spacial score (nSPS) is 28.9. The Kier molecular flexibility index (Phi) is 9.00. The van der Waals surface area contributed by atoms with E-state index in [0.717, 1.165) is 23.5 Å². The van der Waals surface area contributed by atoms with Gasteiger partial charge in [-0.15, -0.1) is 11.3 Å². The maximum Gasteiger partial charge on any atom is 0.399 e. The molecule has 0 aliphatic carbocycles. The monoisotopic (exact) mass is 712 g/mol. The number of rotatable bonds is 6. The Bertz CT molecular complexity index is 1690. The third-order valence-corrected chi connectivity index (χ3v) is 12.1. The quantitative estimate of drug-likeness (QED) is 0.327. The minimum atomic E-state index is -5.80. The molecule has 1 aromatic carbocycles. The number of carbonyl (C=O) groups is 4. The average molecular weight is 713 g/mol. The van der Waals surface area contributed by atoms with Crippen LogP contribution in [0.2, 0.25) is 0 Å². The van der Waals surface area contributed by atoms with Gasteiger partial charge in [0.15, 0.2) is 0 Å². The smallest absolute Gasteiger partial charge is 0.390 e. The van der Waals surface area contributed by atoms with Crippen LogP contribution in [-0.4, -0.2) is 116 Å². The van der Waals surface area contributed by atoms with Crippen molar-refractivity contribution in [3.05, 3.63) is 34.7 Å². The van der Waals surface area contributed by atoms with Gasteiger partial charge in [-0.05, 0) is 69.5 Å². The number of ether oxygens (including phenoxy) is 1. The number of benzene rings is 1. The largest absolute Gasteiger partial charge is 0.399 e. The number of likely N-dealkylation sites (tertiary alicyclic amines) is 1. The number of alkyl halides is 2. The van der Waals surface area contributed by atoms with Crippen molar-refractivity contribution < 1.29 is 52.2 Å². The number of amides is 4. The highest BCUT2D eigenvalue weighted by atomic mass is 32.1. The third-order valence-electron chi connectivity index (χ3n) is 10.0. The molecule has 4 fully saturated rings. The number of morpholine rings is 1. The van der Waals surface area contributed by atoms with Crippen LogP contribution in [0.5, 0.6) is 0 Å². The molecule has 0 radical (unpaired) electrons. The Morgan fingerprint density at radius 2 is 1.73 bits per heavy atom. The highest BCUT2D eigenvalue weighted by molar-refractivity contribution is 7.52. The van der Waals surface area contributed by atoms with Crippen LogP contribution in [-0.2, 0) is 29.3 Å². The van der Waals surface area contributed by atoms with Crippen LogP contribution >= 0.6 is 18.9 Å². The van der Waals surface area contributed by atoms with Crippen molar-refractivity contribution in [2.75, 3.05) is 39.4 Å². The Balaban J connectivity index is 1.19. The number of nitrogens with zero attached hydrogens (tertiary/aromatic N) is 3. The lowest BCUT2D eigenvalue weighted by Crippen LogP contribution is -2.65. The second-order valence-corrected chi connectivity index (χ2v) is 16.6. The van der Waals surface area contributed by atoms with E-state index >= 15 is 0 Å². The standard InChI is InChI=1S/C31H39F2N4O9PS/c1-29-7-6-22(28(41)36-15-19(16-36)26(39)35-9-11-46-12-10-35)37(29)27(40)21(5-8-30(2,42)17-29)34-25(38)24-14-18-13-20(3-4-23(18)48-24)31(32,33)47(43,44)45/h3-4,13-14,19,21-22,42H,5-12,15-17H2,1-2H3,(H,34,38)(H2,43,44,45)/t21-,22-,29+,30-/m0/s1. The van der Waals surface area contributed by atoms with Gasteiger partial charge in [-0.25, -0.2) is 0 Å². The van der Waals surface area contributed by atoms with E-state index in [4.69, 9.17) is 14.5 Å². The lowest BCUT2D eigenvalue weighted by molar-refractivity contribution is -0.160.